The van der Waals surface area contributed by atoms with Crippen molar-refractivity contribution in [1.82, 2.24) is 0 Å². The number of nitrogens with zero attached hydrogens (tertiary/aromatic N) is 1. The third-order valence-corrected chi connectivity index (χ3v) is 0.862. The zero-order chi connectivity index (χ0) is 9.61. The molecular formula is C9H15NO2. The van der Waals surface area contributed by atoms with E-state index in [1.165, 1.54) is 6.21 Å². The zero-order valence-corrected chi connectivity index (χ0v) is 7.83. The van der Waals surface area contributed by atoms with Crippen LogP contribution in [0.3, 0.4) is 0 Å². The summed E-state index contributed by atoms with van der Waals surface area (Å²) in [4.78, 5) is 14.4. The molecule has 0 saturated heterocycles. The number of allylic oxidation sites excluding steroid dienone is 1. The summed E-state index contributed by atoms with van der Waals surface area (Å²) in [5, 5.41) is 0. The van der Waals surface area contributed by atoms with Gasteiger partial charge in [-0.25, -0.2) is 4.79 Å². The largest absolute Gasteiger partial charge is 0.442 e. The van der Waals surface area contributed by atoms with E-state index in [-0.39, 0.29) is 0 Å². The standard InChI is InChI=1S/C9H15NO2/c1-5-6-7-10-8(11)12-9(2,3)4/h5,7H,1,6H2,2-4H3. The fourth-order valence-electron chi connectivity index (χ4n) is 0.490. The number of hydrogen-bond acceptors (Lipinski definition) is 2. The number of aliphatic imine (C=N–C) groups is 1. The van der Waals surface area contributed by atoms with Gasteiger partial charge in [0, 0.05) is 12.6 Å². The van der Waals surface area contributed by atoms with Crippen LogP contribution in [0.4, 0.5) is 4.79 Å². The molecule has 0 spiro atoms. The highest BCUT2D eigenvalue weighted by Crippen LogP contribution is 2.07. The van der Waals surface area contributed by atoms with Crippen LogP contribution in [0.5, 0.6) is 0 Å². The van der Waals surface area contributed by atoms with Gasteiger partial charge in [0.05, 0.1) is 0 Å². The summed E-state index contributed by atoms with van der Waals surface area (Å²) >= 11 is 0. The fourth-order valence-corrected chi connectivity index (χ4v) is 0.490. The van der Waals surface area contributed by atoms with Gasteiger partial charge in [0.2, 0.25) is 0 Å². The van der Waals surface area contributed by atoms with E-state index < -0.39 is 11.7 Å². The molecule has 0 radical (unpaired) electrons. The summed E-state index contributed by atoms with van der Waals surface area (Å²) < 4.78 is 4.91. The third kappa shape index (κ3) is 6.99. The van der Waals surface area contributed by atoms with E-state index in [1.807, 2.05) is 0 Å². The second-order valence-corrected chi connectivity index (χ2v) is 3.32. The Hall–Kier alpha value is -1.12. The second-order valence-electron chi connectivity index (χ2n) is 3.32. The maximum Gasteiger partial charge on any atom is 0.433 e. The third-order valence-electron chi connectivity index (χ3n) is 0.862. The molecule has 3 nitrogen and oxygen atoms in total. The number of ether oxygens (including phenoxy) is 1. The molecule has 0 atom stereocenters. The maximum atomic E-state index is 10.9. The number of rotatable bonds is 2. The number of hydrogen-bond donors (Lipinski definition) is 0. The summed E-state index contributed by atoms with van der Waals surface area (Å²) in [6, 6.07) is 0. The van der Waals surface area contributed by atoms with Crippen molar-refractivity contribution in [2.75, 3.05) is 0 Å². The second kappa shape index (κ2) is 4.70. The highest BCUT2D eigenvalue weighted by molar-refractivity contribution is 5.79. The Morgan fingerprint density at radius 2 is 2.17 bits per heavy atom. The molecule has 3 heteroatoms. The fraction of sp³-hybridized carbons (Fsp3) is 0.556. The lowest BCUT2D eigenvalue weighted by Crippen LogP contribution is -2.21. The highest BCUT2D eigenvalue weighted by atomic mass is 16.6. The van der Waals surface area contributed by atoms with Crippen LogP contribution in [-0.2, 0) is 4.74 Å². The van der Waals surface area contributed by atoms with Crippen molar-refractivity contribution in [2.24, 2.45) is 4.99 Å². The number of amides is 1. The van der Waals surface area contributed by atoms with Crippen LogP contribution in [0, 0.1) is 0 Å². The molecule has 12 heavy (non-hydrogen) atoms. The van der Waals surface area contributed by atoms with Gasteiger partial charge in [0.15, 0.2) is 0 Å². The summed E-state index contributed by atoms with van der Waals surface area (Å²) in [5.41, 5.74) is -0.470. The van der Waals surface area contributed by atoms with Gasteiger partial charge in [-0.3, -0.25) is 0 Å². The Bertz CT molecular complexity index is 189. The van der Waals surface area contributed by atoms with Crippen LogP contribution in [0.15, 0.2) is 17.6 Å². The lowest BCUT2D eigenvalue weighted by molar-refractivity contribution is 0.0605. The van der Waals surface area contributed by atoms with Gasteiger partial charge in [-0.1, -0.05) is 6.08 Å². The van der Waals surface area contributed by atoms with Gasteiger partial charge in [0.25, 0.3) is 0 Å². The first-order valence-corrected chi connectivity index (χ1v) is 3.82. The Kier molecular flexibility index (Phi) is 4.26. The molecule has 0 N–H and O–H groups in total. The van der Waals surface area contributed by atoms with E-state index in [9.17, 15) is 4.79 Å². The summed E-state index contributed by atoms with van der Waals surface area (Å²) in [7, 11) is 0. The Morgan fingerprint density at radius 1 is 1.58 bits per heavy atom. The maximum absolute atomic E-state index is 10.9. The van der Waals surface area contributed by atoms with E-state index in [2.05, 4.69) is 11.6 Å². The minimum atomic E-state index is -0.552. The molecule has 0 saturated carbocycles. The van der Waals surface area contributed by atoms with Crippen molar-refractivity contribution in [3.63, 3.8) is 0 Å². The molecule has 0 heterocycles. The van der Waals surface area contributed by atoms with Crippen molar-refractivity contribution in [1.29, 1.82) is 0 Å². The van der Waals surface area contributed by atoms with Crippen molar-refractivity contribution in [2.45, 2.75) is 32.8 Å². The predicted octanol–water partition coefficient (Wildman–Crippen LogP) is 2.57. The van der Waals surface area contributed by atoms with Crippen LogP contribution in [-0.4, -0.2) is 17.9 Å². The predicted molar refractivity (Wildman–Crippen MR) is 49.5 cm³/mol. The van der Waals surface area contributed by atoms with Crippen LogP contribution < -0.4 is 0 Å². The minimum absolute atomic E-state index is 0.470. The van der Waals surface area contributed by atoms with Crippen molar-refractivity contribution in [3.05, 3.63) is 12.7 Å². The van der Waals surface area contributed by atoms with Crippen LogP contribution in [0.1, 0.15) is 27.2 Å². The molecule has 0 aromatic carbocycles. The molecule has 0 rings (SSSR count). The number of carbonyl (C=O) groups excluding carboxylic acids is 1. The first-order valence-electron chi connectivity index (χ1n) is 3.82. The molecule has 0 unspecified atom stereocenters. The molecule has 0 aromatic rings. The molecule has 0 aliphatic rings. The molecule has 68 valence electrons. The molecule has 0 aliphatic heterocycles. The van der Waals surface area contributed by atoms with Gasteiger partial charge in [-0.05, 0) is 20.8 Å². The SMILES string of the molecule is C=CCC=NC(=O)OC(C)(C)C. The summed E-state index contributed by atoms with van der Waals surface area (Å²) in [6.45, 7) is 8.89. The lowest BCUT2D eigenvalue weighted by Gasteiger charge is -2.16. The van der Waals surface area contributed by atoms with Crippen molar-refractivity contribution < 1.29 is 9.53 Å². The van der Waals surface area contributed by atoms with Gasteiger partial charge < -0.3 is 4.74 Å². The minimum Gasteiger partial charge on any atom is -0.442 e. The topological polar surface area (TPSA) is 38.7 Å². The van der Waals surface area contributed by atoms with E-state index >= 15 is 0 Å². The first kappa shape index (κ1) is 10.9. The molecule has 0 fully saturated rings. The summed E-state index contributed by atoms with van der Waals surface area (Å²) in [5.74, 6) is 0. The Balaban J connectivity index is 3.82. The van der Waals surface area contributed by atoms with Gasteiger partial charge >= 0.3 is 6.09 Å². The van der Waals surface area contributed by atoms with Crippen LogP contribution in [0.25, 0.3) is 0 Å². The Labute approximate surface area is 73.1 Å². The molecule has 0 aromatic heterocycles. The summed E-state index contributed by atoms with van der Waals surface area (Å²) in [6.07, 6.45) is 3.16. The molecule has 0 bridgehead atoms. The van der Waals surface area contributed by atoms with Crippen LogP contribution in [0.2, 0.25) is 0 Å². The van der Waals surface area contributed by atoms with Gasteiger partial charge in [-0.2, -0.15) is 4.99 Å². The van der Waals surface area contributed by atoms with Crippen LogP contribution >= 0.6 is 0 Å². The van der Waals surface area contributed by atoms with E-state index in [4.69, 9.17) is 4.74 Å². The Morgan fingerprint density at radius 3 is 2.58 bits per heavy atom. The molecule has 0 aliphatic carbocycles. The molecular weight excluding hydrogens is 154 g/mol. The highest BCUT2D eigenvalue weighted by Gasteiger charge is 2.14. The normalized spacial score (nSPS) is 11.6. The van der Waals surface area contributed by atoms with Crippen molar-refractivity contribution >= 4 is 12.3 Å². The average Bonchev–Trinajstić information content (AvgIpc) is 1.84. The smallest absolute Gasteiger partial charge is 0.433 e. The van der Waals surface area contributed by atoms with E-state index in [0.717, 1.165) is 0 Å². The molecule has 1 amide bonds. The van der Waals surface area contributed by atoms with E-state index in [1.54, 1.807) is 26.8 Å². The monoisotopic (exact) mass is 169 g/mol. The zero-order valence-electron chi connectivity index (χ0n) is 7.83. The lowest BCUT2D eigenvalue weighted by atomic mass is 10.2. The van der Waals surface area contributed by atoms with Gasteiger partial charge in [-0.15, -0.1) is 6.58 Å². The van der Waals surface area contributed by atoms with Gasteiger partial charge in [0.1, 0.15) is 5.60 Å². The quantitative estimate of drug-likeness (QED) is 0.470. The average molecular weight is 169 g/mol. The van der Waals surface area contributed by atoms with Crippen molar-refractivity contribution in [3.8, 4) is 0 Å². The number of carbonyl (C=O) groups is 1. The van der Waals surface area contributed by atoms with E-state index in [0.29, 0.717) is 6.42 Å². The first-order chi connectivity index (χ1) is 5.45.